The summed E-state index contributed by atoms with van der Waals surface area (Å²) >= 11 is 0. The first-order chi connectivity index (χ1) is 13.3. The number of benzene rings is 1. The van der Waals surface area contributed by atoms with Crippen molar-refractivity contribution in [3.05, 3.63) is 41.2 Å². The molecule has 1 aliphatic heterocycles. The Kier molecular flexibility index (Phi) is 6.51. The minimum absolute atomic E-state index is 0.164. The maximum atomic E-state index is 12.5. The van der Waals surface area contributed by atoms with Gasteiger partial charge >= 0.3 is 0 Å². The quantitative estimate of drug-likeness (QED) is 0.715. The Hall–Kier alpha value is -2.19. The van der Waals surface area contributed by atoms with E-state index >= 15 is 0 Å². The molecule has 0 spiro atoms. The van der Waals surface area contributed by atoms with E-state index < -0.39 is 10.0 Å². The molecule has 0 bridgehead atoms. The molecule has 0 radical (unpaired) electrons. The first-order valence-corrected chi connectivity index (χ1v) is 11.1. The molecule has 1 aromatic heterocycles. The van der Waals surface area contributed by atoms with Crippen molar-refractivity contribution in [1.82, 2.24) is 14.7 Å². The smallest absolute Gasteiger partial charge is 0.240 e. The highest BCUT2D eigenvalue weighted by Gasteiger charge is 2.17. The van der Waals surface area contributed by atoms with Gasteiger partial charge in [-0.2, -0.15) is 4.98 Å². The van der Waals surface area contributed by atoms with E-state index in [-0.39, 0.29) is 13.2 Å². The lowest BCUT2D eigenvalue weighted by Gasteiger charge is -2.28. The van der Waals surface area contributed by atoms with Gasteiger partial charge in [0.25, 0.3) is 0 Å². The topological polar surface area (TPSA) is 84.4 Å². The lowest BCUT2D eigenvalue weighted by Crippen LogP contribution is -2.30. The fourth-order valence-corrected chi connectivity index (χ4v) is 4.63. The minimum Gasteiger partial charge on any atom is -0.476 e. The van der Waals surface area contributed by atoms with Crippen molar-refractivity contribution in [3.8, 4) is 5.88 Å². The van der Waals surface area contributed by atoms with Crippen LogP contribution in [0.5, 0.6) is 5.88 Å². The molecule has 0 atom stereocenters. The highest BCUT2D eigenvalue weighted by atomic mass is 32.2. The van der Waals surface area contributed by atoms with Crippen LogP contribution in [-0.2, 0) is 10.0 Å². The van der Waals surface area contributed by atoms with Crippen molar-refractivity contribution in [2.75, 3.05) is 31.1 Å². The highest BCUT2D eigenvalue weighted by molar-refractivity contribution is 7.89. The maximum absolute atomic E-state index is 12.5. The van der Waals surface area contributed by atoms with Crippen LogP contribution in [0.2, 0.25) is 0 Å². The van der Waals surface area contributed by atoms with Gasteiger partial charge in [0.15, 0.2) is 0 Å². The molecule has 7 nitrogen and oxygen atoms in total. The van der Waals surface area contributed by atoms with Crippen molar-refractivity contribution in [2.45, 2.75) is 44.9 Å². The summed E-state index contributed by atoms with van der Waals surface area (Å²) in [4.78, 5) is 11.4. The Morgan fingerprint density at radius 3 is 2.54 bits per heavy atom. The van der Waals surface area contributed by atoms with Gasteiger partial charge in [-0.3, -0.25) is 0 Å². The molecule has 0 saturated carbocycles. The van der Waals surface area contributed by atoms with E-state index in [1.165, 1.54) is 19.3 Å². The van der Waals surface area contributed by atoms with E-state index in [0.29, 0.717) is 16.6 Å². The van der Waals surface area contributed by atoms with Gasteiger partial charge in [0, 0.05) is 25.7 Å². The van der Waals surface area contributed by atoms with Gasteiger partial charge in [-0.1, -0.05) is 17.7 Å². The lowest BCUT2D eigenvalue weighted by molar-refractivity contribution is 0.309. The second-order valence-corrected chi connectivity index (χ2v) is 8.91. The van der Waals surface area contributed by atoms with Crippen LogP contribution in [0.1, 0.15) is 36.2 Å². The average molecular weight is 405 g/mol. The van der Waals surface area contributed by atoms with E-state index in [9.17, 15) is 8.42 Å². The molecule has 0 aliphatic carbocycles. The van der Waals surface area contributed by atoms with Crippen molar-refractivity contribution < 1.29 is 13.2 Å². The predicted octanol–water partition coefficient (Wildman–Crippen LogP) is 2.75. The van der Waals surface area contributed by atoms with E-state index in [1.54, 1.807) is 19.1 Å². The number of anilines is 1. The summed E-state index contributed by atoms with van der Waals surface area (Å²) in [5.74, 6) is 1.99. The number of hydrogen-bond donors (Lipinski definition) is 1. The number of sulfonamides is 1. The fourth-order valence-electron chi connectivity index (χ4n) is 3.39. The molecule has 1 aliphatic rings. The Labute approximate surface area is 167 Å². The van der Waals surface area contributed by atoms with Crippen LogP contribution in [0.25, 0.3) is 0 Å². The molecule has 2 aromatic rings. The lowest BCUT2D eigenvalue weighted by atomic mass is 10.1. The molecule has 1 aromatic carbocycles. The monoisotopic (exact) mass is 404 g/mol. The fraction of sp³-hybridized carbons (Fsp3) is 0.500. The molecule has 0 unspecified atom stereocenters. The summed E-state index contributed by atoms with van der Waals surface area (Å²) in [5, 5.41) is 0. The van der Waals surface area contributed by atoms with Gasteiger partial charge in [-0.05, 0) is 51.7 Å². The summed E-state index contributed by atoms with van der Waals surface area (Å²) in [6.07, 6.45) is 3.59. The van der Waals surface area contributed by atoms with Crippen LogP contribution in [0.15, 0.2) is 29.2 Å². The summed E-state index contributed by atoms with van der Waals surface area (Å²) in [6.45, 7) is 7.91. The summed E-state index contributed by atoms with van der Waals surface area (Å²) < 4.78 is 33.3. The molecular weight excluding hydrogens is 376 g/mol. The van der Waals surface area contributed by atoms with Crippen molar-refractivity contribution >= 4 is 15.8 Å². The standard InChI is InChI=1S/C20H28N4O3S/c1-15-7-8-18(16(2)13-15)28(25,26)21-9-12-27-20-14-19(22-17(3)23-20)24-10-5-4-6-11-24/h7-8,13-14,21H,4-6,9-12H2,1-3H3. The zero-order valence-corrected chi connectivity index (χ0v) is 17.6. The van der Waals surface area contributed by atoms with Crippen LogP contribution in [0.4, 0.5) is 5.82 Å². The number of piperidine rings is 1. The number of hydrogen-bond acceptors (Lipinski definition) is 6. The van der Waals surface area contributed by atoms with Gasteiger partial charge in [-0.25, -0.2) is 18.1 Å². The Morgan fingerprint density at radius 1 is 1.07 bits per heavy atom. The number of aromatic nitrogens is 2. The molecule has 1 N–H and O–H groups in total. The third kappa shape index (κ3) is 5.20. The van der Waals surface area contributed by atoms with Crippen LogP contribution < -0.4 is 14.4 Å². The van der Waals surface area contributed by atoms with Crippen molar-refractivity contribution in [1.29, 1.82) is 0 Å². The van der Waals surface area contributed by atoms with Crippen LogP contribution >= 0.6 is 0 Å². The molecule has 28 heavy (non-hydrogen) atoms. The molecule has 3 rings (SSSR count). The first kappa shape index (κ1) is 20.5. The second-order valence-electron chi connectivity index (χ2n) is 7.17. The number of rotatable bonds is 7. The normalized spacial score (nSPS) is 14.9. The van der Waals surface area contributed by atoms with E-state index in [2.05, 4.69) is 19.6 Å². The summed E-state index contributed by atoms with van der Waals surface area (Å²) in [6, 6.07) is 7.12. The highest BCUT2D eigenvalue weighted by Crippen LogP contribution is 2.21. The van der Waals surface area contributed by atoms with Crippen molar-refractivity contribution in [3.63, 3.8) is 0 Å². The Bertz CT molecular complexity index is 925. The van der Waals surface area contributed by atoms with E-state index in [1.807, 2.05) is 26.0 Å². The van der Waals surface area contributed by atoms with Gasteiger partial charge < -0.3 is 9.64 Å². The summed E-state index contributed by atoms with van der Waals surface area (Å²) in [7, 11) is -3.57. The minimum atomic E-state index is -3.57. The van der Waals surface area contributed by atoms with Crippen molar-refractivity contribution in [2.24, 2.45) is 0 Å². The number of aryl methyl sites for hydroxylation is 3. The van der Waals surface area contributed by atoms with Gasteiger partial charge in [0.2, 0.25) is 15.9 Å². The second kappa shape index (κ2) is 8.87. The van der Waals surface area contributed by atoms with Gasteiger partial charge in [0.1, 0.15) is 18.2 Å². The summed E-state index contributed by atoms with van der Waals surface area (Å²) in [5.41, 5.74) is 1.76. The average Bonchev–Trinajstić information content (AvgIpc) is 2.65. The Morgan fingerprint density at radius 2 is 1.82 bits per heavy atom. The molecule has 2 heterocycles. The van der Waals surface area contributed by atoms with E-state index in [0.717, 1.165) is 30.0 Å². The molecule has 152 valence electrons. The zero-order valence-electron chi connectivity index (χ0n) is 16.7. The zero-order chi connectivity index (χ0) is 20.1. The number of nitrogens with zero attached hydrogens (tertiary/aromatic N) is 3. The molecule has 8 heteroatoms. The SMILES string of the molecule is Cc1ccc(S(=O)(=O)NCCOc2cc(N3CCCCC3)nc(C)n2)c(C)c1. The first-order valence-electron chi connectivity index (χ1n) is 9.65. The largest absolute Gasteiger partial charge is 0.476 e. The predicted molar refractivity (Wildman–Crippen MR) is 109 cm³/mol. The van der Waals surface area contributed by atoms with Crippen LogP contribution in [0, 0.1) is 20.8 Å². The maximum Gasteiger partial charge on any atom is 0.240 e. The Balaban J connectivity index is 1.58. The van der Waals surface area contributed by atoms with Gasteiger partial charge in [-0.15, -0.1) is 0 Å². The number of ether oxygens (including phenoxy) is 1. The van der Waals surface area contributed by atoms with E-state index in [4.69, 9.17) is 4.74 Å². The van der Waals surface area contributed by atoms with Crippen LogP contribution in [0.3, 0.4) is 0 Å². The number of nitrogens with one attached hydrogen (secondary N) is 1. The molecule has 1 saturated heterocycles. The van der Waals surface area contributed by atoms with Crippen LogP contribution in [-0.4, -0.2) is 44.6 Å². The third-order valence-electron chi connectivity index (χ3n) is 4.75. The molecule has 0 amide bonds. The molecular formula is C20H28N4O3S. The third-order valence-corrected chi connectivity index (χ3v) is 6.37. The molecule has 1 fully saturated rings. The van der Waals surface area contributed by atoms with Gasteiger partial charge in [0.05, 0.1) is 4.90 Å².